The van der Waals surface area contributed by atoms with Gasteiger partial charge in [-0.15, -0.1) is 0 Å². The van der Waals surface area contributed by atoms with E-state index >= 15 is 0 Å². The Balaban J connectivity index is 10.9. The second-order valence-electron chi connectivity index (χ2n) is 12.3. The Labute approximate surface area is 319 Å². The van der Waals surface area contributed by atoms with E-state index in [2.05, 4.69) is 0 Å². The van der Waals surface area contributed by atoms with Crippen LogP contribution in [0.3, 0.4) is 0 Å². The minimum absolute atomic E-state index is 1.07. The molecule has 0 bridgehead atoms. The second kappa shape index (κ2) is 19.6. The molecule has 6 unspecified atom stereocenters. The topological polar surface area (TPSA) is 617 Å². The van der Waals surface area contributed by atoms with E-state index in [1.165, 1.54) is 0 Å². The third kappa shape index (κ3) is 18.9. The standard InChI is InChI=1S/C14H43N3O30P10/c15-1-2-16-13(8(53(33,34)35)3-48(18,19)20)14(9(54(36,37)38)4-49(21,22)23,10(55(39,40)41)5-50(24,25)26)17(11(56(42,43)44)6-51(27,28)29)12(57(45,46)47)7-52(30,31)32/h8-13,16H,1-7,15H2,(H2,18,19,20)(H2,21,22,23)(H2,24,25,26)(H2,27,28,29)(H2,30,31,32)(H2,33,34,35)(H2,36,37,38)(H2,39,40,41)(H2,42,43,44)(H2,45,46,47). The van der Waals surface area contributed by atoms with Gasteiger partial charge in [-0.2, -0.15) is 0 Å². The maximum Gasteiger partial charge on any atom is 0.343 e. The van der Waals surface area contributed by atoms with Crippen LogP contribution in [0, 0.1) is 0 Å². The van der Waals surface area contributed by atoms with E-state index in [1.54, 1.807) is 5.32 Å². The summed E-state index contributed by atoms with van der Waals surface area (Å²) in [6, 6.07) is -3.94. The Morgan fingerprint density at radius 1 is 0.421 bits per heavy atom. The highest BCUT2D eigenvalue weighted by Crippen LogP contribution is 2.70. The van der Waals surface area contributed by atoms with Gasteiger partial charge in [0.25, 0.3) is 0 Å². The number of hydrogen-bond acceptors (Lipinski definition) is 13. The SMILES string of the molecule is NCCNC(C(CP(=O)(O)O)P(=O)(O)O)C(C(CP(=O)(O)O)P(=O)(O)O)(C(CP(=O)(O)O)P(=O)(O)O)N(C(CP(=O)(O)O)P(=O)(O)O)C(CP(=O)(O)O)P(=O)(O)O. The van der Waals surface area contributed by atoms with Crippen LogP contribution in [-0.4, -0.2) is 187 Å². The van der Waals surface area contributed by atoms with E-state index in [-0.39, 0.29) is 0 Å². The lowest BCUT2D eigenvalue weighted by molar-refractivity contribution is 0.00434. The van der Waals surface area contributed by atoms with Gasteiger partial charge in [0.2, 0.25) is 0 Å². The highest BCUT2D eigenvalue weighted by Gasteiger charge is 2.73. The molecule has 6 atom stereocenters. The Bertz CT molecular complexity index is 1780. The van der Waals surface area contributed by atoms with E-state index in [0.29, 0.717) is 0 Å². The lowest BCUT2D eigenvalue weighted by atomic mass is 9.79. The molecule has 0 aromatic rings. The van der Waals surface area contributed by atoms with Gasteiger partial charge >= 0.3 is 76.0 Å². The molecule has 0 aliphatic heterocycles. The zero-order valence-corrected chi connectivity index (χ0v) is 36.9. The van der Waals surface area contributed by atoms with Crippen LogP contribution in [0.2, 0.25) is 0 Å². The summed E-state index contributed by atoms with van der Waals surface area (Å²) in [6.45, 7) is -2.44. The van der Waals surface area contributed by atoms with Crippen molar-refractivity contribution in [2.45, 2.75) is 40.1 Å². The van der Waals surface area contributed by atoms with Gasteiger partial charge in [0.05, 0.1) is 53.3 Å². The van der Waals surface area contributed by atoms with Gasteiger partial charge in [-0.05, 0) is 0 Å². The highest BCUT2D eigenvalue weighted by molar-refractivity contribution is 7.59. The molecular formula is C14H43N3O30P10. The first-order chi connectivity index (χ1) is 24.5. The number of rotatable bonds is 25. The molecule has 23 N–H and O–H groups in total. The molecule has 43 heteroatoms. The summed E-state index contributed by atoms with van der Waals surface area (Å²) < 4.78 is 130. The number of nitrogens with zero attached hydrogens (tertiary/aromatic N) is 1. The minimum atomic E-state index is -7.29. The van der Waals surface area contributed by atoms with E-state index in [4.69, 9.17) is 5.73 Å². The lowest BCUT2D eigenvalue weighted by Gasteiger charge is -2.61. The highest BCUT2D eigenvalue weighted by atomic mass is 31.2. The maximum absolute atomic E-state index is 13.6. The summed E-state index contributed by atoms with van der Waals surface area (Å²) in [5.74, 6) is -8.51. The smallest absolute Gasteiger partial charge is 0.329 e. The first-order valence-corrected chi connectivity index (χ1v) is 31.6. The number of hydrogen-bond donors (Lipinski definition) is 22. The molecule has 0 aliphatic rings. The molecule has 0 aromatic heterocycles. The monoisotopic (exact) mass is 1040 g/mol. The average Bonchev–Trinajstić information content (AvgIpc) is 2.86. The number of nitrogens with two attached hydrogens (primary N) is 1. The summed E-state index contributed by atoms with van der Waals surface area (Å²) >= 11 is 0. The van der Waals surface area contributed by atoms with Crippen molar-refractivity contribution in [3.63, 3.8) is 0 Å². The van der Waals surface area contributed by atoms with Gasteiger partial charge < -0.3 is 109 Å². The van der Waals surface area contributed by atoms with Crippen LogP contribution in [0.1, 0.15) is 0 Å². The second-order valence-corrected chi connectivity index (χ2v) is 29.7. The van der Waals surface area contributed by atoms with Crippen LogP contribution in [-0.2, 0) is 45.7 Å². The first kappa shape index (κ1) is 58.4. The third-order valence-corrected chi connectivity index (χ3v) is 19.8. The van der Waals surface area contributed by atoms with Crippen molar-refractivity contribution < 1.29 is 144 Å². The summed E-state index contributed by atoms with van der Waals surface area (Å²) in [7, 11) is -67.9. The zero-order valence-electron chi connectivity index (χ0n) is 27.9. The van der Waals surface area contributed by atoms with Gasteiger partial charge in [0, 0.05) is 19.1 Å². The van der Waals surface area contributed by atoms with Crippen molar-refractivity contribution in [2.24, 2.45) is 5.73 Å². The van der Waals surface area contributed by atoms with Crippen LogP contribution in [0.5, 0.6) is 0 Å². The van der Waals surface area contributed by atoms with Crippen molar-refractivity contribution in [1.82, 2.24) is 10.2 Å². The van der Waals surface area contributed by atoms with Gasteiger partial charge in [0.1, 0.15) is 11.6 Å². The lowest BCUT2D eigenvalue weighted by Crippen LogP contribution is -2.79. The third-order valence-electron chi connectivity index (χ3n) is 7.62. The fourth-order valence-electron chi connectivity index (χ4n) is 5.99. The molecule has 344 valence electrons. The van der Waals surface area contributed by atoms with Crippen molar-refractivity contribution in [3.05, 3.63) is 0 Å². The Hall–Kier alpha value is 1.38. The maximum atomic E-state index is 13.6. The molecule has 0 heterocycles. The molecule has 0 saturated heterocycles. The summed E-state index contributed by atoms with van der Waals surface area (Å²) in [5, 5.41) is 1.65. The number of nitrogens with one attached hydrogen (secondary N) is 1. The molecule has 33 nitrogen and oxygen atoms in total. The average molecular weight is 1040 g/mol. The Morgan fingerprint density at radius 2 is 0.702 bits per heavy atom. The molecule has 0 aliphatic carbocycles. The minimum Gasteiger partial charge on any atom is -0.329 e. The summed E-state index contributed by atoms with van der Waals surface area (Å²) in [6.07, 6.45) is -13.9. The van der Waals surface area contributed by atoms with E-state index in [0.717, 1.165) is 0 Å². The van der Waals surface area contributed by atoms with Crippen LogP contribution in [0.15, 0.2) is 0 Å². The van der Waals surface area contributed by atoms with E-state index in [1.807, 2.05) is 0 Å². The summed E-state index contributed by atoms with van der Waals surface area (Å²) in [5.41, 5.74) is -12.5. The molecule has 0 saturated carbocycles. The Kier molecular flexibility index (Phi) is 20.1. The normalized spacial score (nSPS) is 19.4. The fourth-order valence-corrected chi connectivity index (χ4v) is 21.2. The van der Waals surface area contributed by atoms with Crippen molar-refractivity contribution in [1.29, 1.82) is 0 Å². The predicted molar refractivity (Wildman–Crippen MR) is 189 cm³/mol. The van der Waals surface area contributed by atoms with Crippen LogP contribution < -0.4 is 11.1 Å². The zero-order chi connectivity index (χ0) is 46.2. The summed E-state index contributed by atoms with van der Waals surface area (Å²) in [4.78, 5) is 204. The van der Waals surface area contributed by atoms with Gasteiger partial charge in [-0.25, -0.2) is 0 Å². The Morgan fingerprint density at radius 3 is 0.895 bits per heavy atom. The van der Waals surface area contributed by atoms with Crippen molar-refractivity contribution in [2.75, 3.05) is 43.9 Å². The molecule has 0 radical (unpaired) electrons. The van der Waals surface area contributed by atoms with E-state index in [9.17, 15) is 144 Å². The van der Waals surface area contributed by atoms with Gasteiger partial charge in [-0.3, -0.25) is 50.6 Å². The van der Waals surface area contributed by atoms with Crippen LogP contribution >= 0.6 is 76.0 Å². The molecule has 0 rings (SSSR count). The van der Waals surface area contributed by atoms with Crippen LogP contribution in [0.4, 0.5) is 0 Å². The van der Waals surface area contributed by atoms with Gasteiger partial charge in [0.15, 0.2) is 0 Å². The fraction of sp³-hybridized carbons (Fsp3) is 1.00. The van der Waals surface area contributed by atoms with Crippen molar-refractivity contribution in [3.8, 4) is 0 Å². The van der Waals surface area contributed by atoms with Crippen molar-refractivity contribution >= 4 is 76.0 Å². The first-order valence-electron chi connectivity index (χ1n) is 14.2. The molecule has 0 spiro atoms. The largest absolute Gasteiger partial charge is 0.343 e. The molecule has 0 amide bonds. The van der Waals surface area contributed by atoms with Gasteiger partial charge in [-0.1, -0.05) is 0 Å². The quantitative estimate of drug-likeness (QED) is 0.0379. The molecule has 57 heavy (non-hydrogen) atoms. The molecule has 0 aromatic carbocycles. The molecular weight excluding hydrogens is 1000 g/mol. The predicted octanol–water partition coefficient (Wildman–Crippen LogP) is -5.52. The van der Waals surface area contributed by atoms with Crippen LogP contribution in [0.25, 0.3) is 0 Å². The van der Waals surface area contributed by atoms with E-state index < -0.39 is 165 Å². The molecule has 0 fully saturated rings.